The SMILES string of the molecule is CC(C)COP([O-])OCC(C)C.[Li+]. The van der Waals surface area contributed by atoms with Crippen LogP contribution in [0.1, 0.15) is 27.7 Å². The van der Waals surface area contributed by atoms with Gasteiger partial charge in [-0.15, -0.1) is 0 Å². The summed E-state index contributed by atoms with van der Waals surface area (Å²) in [5, 5.41) is 0. The Kier molecular flexibility index (Phi) is 11.9. The molecular weight excluding hydrogens is 182 g/mol. The van der Waals surface area contributed by atoms with E-state index >= 15 is 0 Å². The van der Waals surface area contributed by atoms with Crippen LogP contribution in [0.4, 0.5) is 0 Å². The molecule has 0 aliphatic heterocycles. The molecule has 0 aromatic heterocycles. The van der Waals surface area contributed by atoms with E-state index in [4.69, 9.17) is 9.05 Å². The van der Waals surface area contributed by atoms with Crippen LogP contribution in [-0.2, 0) is 9.05 Å². The normalized spacial score (nSPS) is 11.1. The molecule has 13 heavy (non-hydrogen) atoms. The van der Waals surface area contributed by atoms with Gasteiger partial charge in [0.05, 0.1) is 21.8 Å². The van der Waals surface area contributed by atoms with Crippen LogP contribution in [0.2, 0.25) is 0 Å². The molecule has 3 nitrogen and oxygen atoms in total. The van der Waals surface area contributed by atoms with Gasteiger partial charge in [-0.25, -0.2) is 0 Å². The van der Waals surface area contributed by atoms with Crippen molar-refractivity contribution >= 4 is 8.60 Å². The second kappa shape index (κ2) is 9.46. The molecule has 0 aliphatic carbocycles. The Morgan fingerprint density at radius 1 is 1.00 bits per heavy atom. The van der Waals surface area contributed by atoms with Crippen molar-refractivity contribution in [3.8, 4) is 0 Å². The monoisotopic (exact) mass is 200 g/mol. The Morgan fingerprint density at radius 3 is 1.54 bits per heavy atom. The molecule has 0 aliphatic rings. The van der Waals surface area contributed by atoms with Crippen LogP contribution in [-0.4, -0.2) is 13.2 Å². The summed E-state index contributed by atoms with van der Waals surface area (Å²) in [6.07, 6.45) is 0. The zero-order valence-corrected chi connectivity index (χ0v) is 10.1. The smallest absolute Gasteiger partial charge is 0.786 e. The standard InChI is InChI=1S/C8H18O3P.Li/c1-7(2)5-10-12(9)11-6-8(3)4;/h7-8H,5-6H2,1-4H3;/q-1;+1. The molecule has 0 atom stereocenters. The maximum Gasteiger partial charge on any atom is 1.00 e. The Hall–Kier alpha value is 0.907. The number of hydrogen-bond acceptors (Lipinski definition) is 3. The summed E-state index contributed by atoms with van der Waals surface area (Å²) in [4.78, 5) is 11.0. The van der Waals surface area contributed by atoms with Crippen molar-refractivity contribution in [3.63, 3.8) is 0 Å². The van der Waals surface area contributed by atoms with E-state index in [1.54, 1.807) is 0 Å². The Balaban J connectivity index is 0. The van der Waals surface area contributed by atoms with Crippen molar-refractivity contribution in [2.45, 2.75) is 27.7 Å². The first-order valence-electron chi connectivity index (χ1n) is 4.25. The van der Waals surface area contributed by atoms with E-state index in [0.29, 0.717) is 25.0 Å². The van der Waals surface area contributed by atoms with Gasteiger partial charge in [0.25, 0.3) is 0 Å². The Bertz CT molecular complexity index is 99.6. The van der Waals surface area contributed by atoms with Crippen LogP contribution in [0.3, 0.4) is 0 Å². The van der Waals surface area contributed by atoms with E-state index in [1.165, 1.54) is 0 Å². The molecule has 0 saturated heterocycles. The summed E-state index contributed by atoms with van der Waals surface area (Å²) in [5.41, 5.74) is 0. The van der Waals surface area contributed by atoms with E-state index in [-0.39, 0.29) is 18.9 Å². The van der Waals surface area contributed by atoms with Gasteiger partial charge in [-0.3, -0.25) is 0 Å². The van der Waals surface area contributed by atoms with Gasteiger partial charge in [0.1, 0.15) is 0 Å². The molecule has 74 valence electrons. The maximum absolute atomic E-state index is 11.0. The van der Waals surface area contributed by atoms with E-state index < -0.39 is 8.60 Å². The van der Waals surface area contributed by atoms with Gasteiger partial charge in [0.15, 0.2) is 0 Å². The topological polar surface area (TPSA) is 41.5 Å². The van der Waals surface area contributed by atoms with Crippen molar-refractivity contribution < 1.29 is 32.8 Å². The van der Waals surface area contributed by atoms with Gasteiger partial charge in [0.2, 0.25) is 0 Å². The second-order valence-electron chi connectivity index (χ2n) is 3.60. The Labute approximate surface area is 94.4 Å². The molecule has 0 aromatic carbocycles. The fourth-order valence-electron chi connectivity index (χ4n) is 0.457. The van der Waals surface area contributed by atoms with Crippen LogP contribution < -0.4 is 23.8 Å². The maximum atomic E-state index is 11.0. The third-order valence-corrected chi connectivity index (χ3v) is 1.75. The predicted octanol–water partition coefficient (Wildman–Crippen LogP) is -1.08. The van der Waals surface area contributed by atoms with Crippen molar-refractivity contribution in [1.82, 2.24) is 0 Å². The third kappa shape index (κ3) is 12.9. The molecule has 5 heteroatoms. The van der Waals surface area contributed by atoms with E-state index in [9.17, 15) is 4.89 Å². The van der Waals surface area contributed by atoms with Crippen LogP contribution in [0.15, 0.2) is 0 Å². The first-order chi connectivity index (χ1) is 5.52. The zero-order chi connectivity index (χ0) is 9.56. The molecule has 0 amide bonds. The van der Waals surface area contributed by atoms with Crippen LogP contribution in [0.5, 0.6) is 0 Å². The molecule has 0 heterocycles. The molecule has 0 N–H and O–H groups in total. The first kappa shape index (κ1) is 16.3. The molecule has 0 fully saturated rings. The fraction of sp³-hybridized carbons (Fsp3) is 1.00. The van der Waals surface area contributed by atoms with E-state index in [0.717, 1.165) is 0 Å². The minimum Gasteiger partial charge on any atom is -0.786 e. The summed E-state index contributed by atoms with van der Waals surface area (Å²) in [6.45, 7) is 9.01. The number of hydrogen-bond donors (Lipinski definition) is 0. The van der Waals surface area contributed by atoms with E-state index in [1.807, 2.05) is 27.7 Å². The summed E-state index contributed by atoms with van der Waals surface area (Å²) in [5.74, 6) is 0.790. The van der Waals surface area contributed by atoms with Crippen LogP contribution in [0.25, 0.3) is 0 Å². The average molecular weight is 200 g/mol. The van der Waals surface area contributed by atoms with Gasteiger partial charge < -0.3 is 13.9 Å². The number of rotatable bonds is 6. The minimum absolute atomic E-state index is 0. The molecule has 0 unspecified atom stereocenters. The minimum atomic E-state index is -1.90. The van der Waals surface area contributed by atoms with Gasteiger partial charge in [-0.2, -0.15) is 0 Å². The molecule has 0 rings (SSSR count). The fourth-order valence-corrected chi connectivity index (χ4v) is 1.37. The average Bonchev–Trinajstić information content (AvgIpc) is 1.96. The molecule has 0 aromatic rings. The van der Waals surface area contributed by atoms with Gasteiger partial charge in [-0.1, -0.05) is 27.7 Å². The van der Waals surface area contributed by atoms with Crippen molar-refractivity contribution in [2.24, 2.45) is 11.8 Å². The molecule has 0 saturated carbocycles. The third-order valence-electron chi connectivity index (χ3n) is 1.03. The molecule has 0 spiro atoms. The van der Waals surface area contributed by atoms with Gasteiger partial charge in [0, 0.05) is 0 Å². The summed E-state index contributed by atoms with van der Waals surface area (Å²) in [6, 6.07) is 0. The van der Waals surface area contributed by atoms with Crippen molar-refractivity contribution in [3.05, 3.63) is 0 Å². The quantitative estimate of drug-likeness (QED) is 0.404. The van der Waals surface area contributed by atoms with Crippen molar-refractivity contribution in [2.75, 3.05) is 13.2 Å². The molecule has 0 bridgehead atoms. The Morgan fingerprint density at radius 2 is 1.31 bits per heavy atom. The summed E-state index contributed by atoms with van der Waals surface area (Å²) >= 11 is 0. The van der Waals surface area contributed by atoms with Gasteiger partial charge in [-0.05, 0) is 11.8 Å². The largest absolute Gasteiger partial charge is 1.00 e. The summed E-state index contributed by atoms with van der Waals surface area (Å²) in [7, 11) is -1.90. The van der Waals surface area contributed by atoms with Crippen LogP contribution >= 0.6 is 8.60 Å². The predicted molar refractivity (Wildman–Crippen MR) is 48.5 cm³/mol. The van der Waals surface area contributed by atoms with E-state index in [2.05, 4.69) is 0 Å². The summed E-state index contributed by atoms with van der Waals surface area (Å²) < 4.78 is 9.88. The molecular formula is C8H18LiO3P. The van der Waals surface area contributed by atoms with Gasteiger partial charge >= 0.3 is 18.9 Å². The van der Waals surface area contributed by atoms with Crippen molar-refractivity contribution in [1.29, 1.82) is 0 Å². The molecule has 0 radical (unpaired) electrons. The first-order valence-corrected chi connectivity index (χ1v) is 5.35. The van der Waals surface area contributed by atoms with Crippen LogP contribution in [0, 0.1) is 11.8 Å². The zero-order valence-electron chi connectivity index (χ0n) is 9.24. The second-order valence-corrected chi connectivity index (χ2v) is 4.57.